The second-order valence-corrected chi connectivity index (χ2v) is 4.54. The van der Waals surface area contributed by atoms with E-state index in [2.05, 4.69) is 25.3 Å². The molecule has 0 radical (unpaired) electrons. The number of imidazole rings is 1. The van der Waals surface area contributed by atoms with Crippen LogP contribution in [0.15, 0.2) is 47.6 Å². The number of nitrogens with zero attached hydrogens (tertiary/aromatic N) is 4. The van der Waals surface area contributed by atoms with Crippen LogP contribution in [0.5, 0.6) is 0 Å². The number of amides is 1. The van der Waals surface area contributed by atoms with Gasteiger partial charge in [-0.3, -0.25) is 4.79 Å². The molecular formula is C14H12ClN7O. The topological polar surface area (TPSA) is 133 Å². The second kappa shape index (κ2) is 6.69. The van der Waals surface area contributed by atoms with Crippen LogP contribution >= 0.6 is 12.4 Å². The Morgan fingerprint density at radius 3 is 2.70 bits per heavy atom. The van der Waals surface area contributed by atoms with E-state index < -0.39 is 0 Å². The highest BCUT2D eigenvalue weighted by atomic mass is 35.5. The third kappa shape index (κ3) is 3.52. The maximum absolute atomic E-state index is 12.2. The number of nitrogen functional groups attached to an aromatic ring is 1. The first-order valence-corrected chi connectivity index (χ1v) is 6.37. The molecule has 116 valence electrons. The Morgan fingerprint density at radius 1 is 1.26 bits per heavy atom. The third-order valence-corrected chi connectivity index (χ3v) is 3.05. The minimum absolute atomic E-state index is 0. The Hall–Kier alpha value is -3.22. The van der Waals surface area contributed by atoms with Crippen molar-refractivity contribution in [3.05, 3.63) is 58.5 Å². The van der Waals surface area contributed by atoms with Crippen molar-refractivity contribution in [2.75, 3.05) is 11.1 Å². The zero-order valence-corrected chi connectivity index (χ0v) is 12.5. The lowest BCUT2D eigenvalue weighted by atomic mass is 10.2. The van der Waals surface area contributed by atoms with E-state index in [0.29, 0.717) is 22.9 Å². The summed E-state index contributed by atoms with van der Waals surface area (Å²) >= 11 is 0. The SMILES string of the molecule is Cl.[N-]=[N+]=Nc1ccc(C(=O)Nc2ccc3nc(N)[nH]c3c2)cc1. The standard InChI is InChI=1S/C14H11N7O.ClH/c15-14-18-11-6-5-10(7-12(11)19-14)17-13(22)8-1-3-9(4-2-8)20-21-16;/h1-7H,(H,17,22)(H3,15,18,19);1H. The van der Waals surface area contributed by atoms with E-state index in [1.807, 2.05) is 0 Å². The van der Waals surface area contributed by atoms with Crippen LogP contribution in [0.4, 0.5) is 17.3 Å². The molecule has 4 N–H and O–H groups in total. The maximum Gasteiger partial charge on any atom is 0.255 e. The summed E-state index contributed by atoms with van der Waals surface area (Å²) in [6, 6.07) is 11.6. The predicted octanol–water partition coefficient (Wildman–Crippen LogP) is 3.76. The highest BCUT2D eigenvalue weighted by Crippen LogP contribution is 2.19. The lowest BCUT2D eigenvalue weighted by Crippen LogP contribution is -2.11. The van der Waals surface area contributed by atoms with Crippen molar-refractivity contribution in [3.8, 4) is 0 Å². The molecule has 0 spiro atoms. The van der Waals surface area contributed by atoms with Gasteiger partial charge in [-0.1, -0.05) is 17.2 Å². The minimum Gasteiger partial charge on any atom is -0.369 e. The van der Waals surface area contributed by atoms with E-state index in [0.717, 1.165) is 11.0 Å². The number of carbonyl (C=O) groups is 1. The lowest BCUT2D eigenvalue weighted by molar-refractivity contribution is 0.102. The van der Waals surface area contributed by atoms with Crippen LogP contribution in [-0.2, 0) is 0 Å². The molecule has 1 aromatic heterocycles. The van der Waals surface area contributed by atoms with Gasteiger partial charge in [-0.25, -0.2) is 4.98 Å². The summed E-state index contributed by atoms with van der Waals surface area (Å²) in [5.41, 5.74) is 16.9. The van der Waals surface area contributed by atoms with Gasteiger partial charge in [0.25, 0.3) is 5.91 Å². The number of halogens is 1. The summed E-state index contributed by atoms with van der Waals surface area (Å²) in [4.78, 5) is 21.8. The van der Waals surface area contributed by atoms with Gasteiger partial charge >= 0.3 is 0 Å². The Labute approximate surface area is 136 Å². The summed E-state index contributed by atoms with van der Waals surface area (Å²) in [6.45, 7) is 0. The first-order valence-electron chi connectivity index (χ1n) is 6.37. The number of benzene rings is 2. The predicted molar refractivity (Wildman–Crippen MR) is 91.0 cm³/mol. The second-order valence-electron chi connectivity index (χ2n) is 4.54. The van der Waals surface area contributed by atoms with E-state index in [4.69, 9.17) is 11.3 Å². The number of aromatic nitrogens is 2. The fraction of sp³-hybridized carbons (Fsp3) is 0. The summed E-state index contributed by atoms with van der Waals surface area (Å²) in [7, 11) is 0. The van der Waals surface area contributed by atoms with Gasteiger partial charge in [0.05, 0.1) is 11.0 Å². The number of fused-ring (bicyclic) bond motifs is 1. The molecule has 3 rings (SSSR count). The van der Waals surface area contributed by atoms with Crippen molar-refractivity contribution in [1.82, 2.24) is 9.97 Å². The van der Waals surface area contributed by atoms with Crippen molar-refractivity contribution in [2.24, 2.45) is 5.11 Å². The number of hydrogen-bond acceptors (Lipinski definition) is 4. The van der Waals surface area contributed by atoms with Gasteiger partial charge in [0.2, 0.25) is 0 Å². The van der Waals surface area contributed by atoms with Gasteiger partial charge < -0.3 is 16.0 Å². The number of hydrogen-bond donors (Lipinski definition) is 3. The van der Waals surface area contributed by atoms with Crippen molar-refractivity contribution < 1.29 is 4.79 Å². The molecule has 0 bridgehead atoms. The molecule has 9 heteroatoms. The number of nitrogens with two attached hydrogens (primary N) is 1. The van der Waals surface area contributed by atoms with E-state index >= 15 is 0 Å². The van der Waals surface area contributed by atoms with E-state index in [-0.39, 0.29) is 18.3 Å². The van der Waals surface area contributed by atoms with Crippen LogP contribution in [0.1, 0.15) is 10.4 Å². The molecule has 0 aliphatic rings. The van der Waals surface area contributed by atoms with Crippen LogP contribution in [0.25, 0.3) is 21.5 Å². The molecule has 0 fully saturated rings. The van der Waals surface area contributed by atoms with E-state index in [9.17, 15) is 4.79 Å². The molecule has 0 saturated carbocycles. The molecule has 1 heterocycles. The minimum atomic E-state index is -0.265. The normalized spacial score (nSPS) is 9.74. The van der Waals surface area contributed by atoms with Crippen LogP contribution in [-0.4, -0.2) is 15.9 Å². The van der Waals surface area contributed by atoms with Crippen molar-refractivity contribution in [3.63, 3.8) is 0 Å². The molecule has 3 aromatic rings. The molecule has 0 atom stereocenters. The van der Waals surface area contributed by atoms with E-state index in [1.54, 1.807) is 42.5 Å². The van der Waals surface area contributed by atoms with Crippen LogP contribution in [0, 0.1) is 0 Å². The zero-order chi connectivity index (χ0) is 15.5. The van der Waals surface area contributed by atoms with Gasteiger partial charge in [-0.15, -0.1) is 12.4 Å². The first kappa shape index (κ1) is 16.2. The van der Waals surface area contributed by atoms with Gasteiger partial charge in [0.1, 0.15) is 0 Å². The first-order chi connectivity index (χ1) is 10.7. The van der Waals surface area contributed by atoms with Gasteiger partial charge in [0.15, 0.2) is 5.95 Å². The molecule has 23 heavy (non-hydrogen) atoms. The monoisotopic (exact) mass is 329 g/mol. The summed E-state index contributed by atoms with van der Waals surface area (Å²) in [5, 5.41) is 6.23. The molecule has 1 amide bonds. The Balaban J connectivity index is 0.00000192. The summed E-state index contributed by atoms with van der Waals surface area (Å²) < 4.78 is 0. The van der Waals surface area contributed by atoms with Gasteiger partial charge in [-0.2, -0.15) is 0 Å². The number of rotatable bonds is 3. The molecule has 0 aliphatic heterocycles. The molecule has 0 aliphatic carbocycles. The highest BCUT2D eigenvalue weighted by Gasteiger charge is 2.07. The number of nitrogens with one attached hydrogen (secondary N) is 2. The lowest BCUT2D eigenvalue weighted by Gasteiger charge is -2.05. The zero-order valence-electron chi connectivity index (χ0n) is 11.7. The Bertz CT molecular complexity index is 897. The molecule has 2 aromatic carbocycles. The molecular weight excluding hydrogens is 318 g/mol. The Morgan fingerprint density at radius 2 is 2.00 bits per heavy atom. The molecule has 8 nitrogen and oxygen atoms in total. The third-order valence-electron chi connectivity index (χ3n) is 3.05. The maximum atomic E-state index is 12.2. The van der Waals surface area contributed by atoms with Crippen LogP contribution in [0.2, 0.25) is 0 Å². The molecule has 0 unspecified atom stereocenters. The highest BCUT2D eigenvalue weighted by molar-refractivity contribution is 6.05. The van der Waals surface area contributed by atoms with Crippen molar-refractivity contribution in [1.29, 1.82) is 0 Å². The number of anilines is 2. The van der Waals surface area contributed by atoms with Crippen molar-refractivity contribution in [2.45, 2.75) is 0 Å². The number of carbonyl (C=O) groups excluding carboxylic acids is 1. The summed E-state index contributed by atoms with van der Waals surface area (Å²) in [5.74, 6) is 0.0615. The number of H-pyrrole nitrogens is 1. The van der Waals surface area contributed by atoms with Crippen molar-refractivity contribution >= 4 is 46.7 Å². The van der Waals surface area contributed by atoms with E-state index in [1.165, 1.54) is 0 Å². The van der Waals surface area contributed by atoms with Gasteiger partial charge in [0, 0.05) is 21.8 Å². The molecule has 0 saturated heterocycles. The average molecular weight is 330 g/mol. The average Bonchev–Trinajstić information content (AvgIpc) is 2.87. The summed E-state index contributed by atoms with van der Waals surface area (Å²) in [6.07, 6.45) is 0. The fourth-order valence-corrected chi connectivity index (χ4v) is 2.04. The quantitative estimate of drug-likeness (QED) is 0.383. The van der Waals surface area contributed by atoms with Crippen LogP contribution in [0.3, 0.4) is 0 Å². The largest absolute Gasteiger partial charge is 0.369 e. The Kier molecular flexibility index (Phi) is 4.70. The van der Waals surface area contributed by atoms with Gasteiger partial charge in [-0.05, 0) is 35.9 Å². The van der Waals surface area contributed by atoms with Crippen LogP contribution < -0.4 is 11.1 Å². The smallest absolute Gasteiger partial charge is 0.255 e. The number of azide groups is 1. The fourth-order valence-electron chi connectivity index (χ4n) is 2.04. The number of aromatic amines is 1.